The summed E-state index contributed by atoms with van der Waals surface area (Å²) in [6, 6.07) is 13.1. The number of nitrogens with zero attached hydrogens (tertiary/aromatic N) is 1. The average Bonchev–Trinajstić information content (AvgIpc) is 2.78. The normalized spacial score (nSPS) is 16.1. The molecule has 0 saturated carbocycles. The number of halogens is 1. The molecule has 1 N–H and O–H groups in total. The Morgan fingerprint density at radius 3 is 2.52 bits per heavy atom. The minimum absolute atomic E-state index is 0.126. The standard InChI is InChI=1S/C18H15BrN2O2/c1-11-6-7-15(8-12(11)2)21-18(23)16(17(22)20-21)10-13-4-3-5-14(19)9-13/h3-10H,1-2H3,(H,20,22)/b16-10+. The molecular formula is C18H15BrN2O2. The number of benzene rings is 2. The number of nitrogens with one attached hydrogen (secondary N) is 1. The van der Waals surface area contributed by atoms with Crippen LogP contribution in [0.1, 0.15) is 16.7 Å². The maximum Gasteiger partial charge on any atom is 0.282 e. The van der Waals surface area contributed by atoms with Gasteiger partial charge < -0.3 is 0 Å². The number of carbonyl (C=O) groups excluding carboxylic acids is 2. The third-order valence-corrected chi connectivity index (χ3v) is 4.29. The van der Waals surface area contributed by atoms with Crippen molar-refractivity contribution in [1.82, 2.24) is 5.43 Å². The quantitative estimate of drug-likeness (QED) is 0.649. The van der Waals surface area contributed by atoms with E-state index in [1.54, 1.807) is 6.08 Å². The van der Waals surface area contributed by atoms with E-state index in [0.29, 0.717) is 5.69 Å². The SMILES string of the molecule is Cc1ccc(N2NC(=O)/C(=C\c3cccc(Br)c3)C2=O)cc1C. The fourth-order valence-corrected chi connectivity index (χ4v) is 2.78. The van der Waals surface area contributed by atoms with Crippen LogP contribution in [0.5, 0.6) is 0 Å². The van der Waals surface area contributed by atoms with Gasteiger partial charge in [-0.2, -0.15) is 0 Å². The molecule has 1 saturated heterocycles. The second-order valence-corrected chi connectivity index (χ2v) is 6.38. The lowest BCUT2D eigenvalue weighted by atomic mass is 10.1. The van der Waals surface area contributed by atoms with Crippen molar-refractivity contribution in [2.24, 2.45) is 0 Å². The maximum absolute atomic E-state index is 12.6. The van der Waals surface area contributed by atoms with Crippen LogP contribution in [-0.4, -0.2) is 11.8 Å². The summed E-state index contributed by atoms with van der Waals surface area (Å²) in [5.41, 5.74) is 6.39. The van der Waals surface area contributed by atoms with Gasteiger partial charge in [-0.05, 0) is 60.9 Å². The van der Waals surface area contributed by atoms with Crippen molar-refractivity contribution >= 4 is 39.5 Å². The summed E-state index contributed by atoms with van der Waals surface area (Å²) >= 11 is 3.38. The fraction of sp³-hybridized carbons (Fsp3) is 0.111. The summed E-state index contributed by atoms with van der Waals surface area (Å²) in [4.78, 5) is 24.7. The predicted octanol–water partition coefficient (Wildman–Crippen LogP) is 3.53. The molecule has 1 heterocycles. The van der Waals surface area contributed by atoms with Gasteiger partial charge in [-0.25, -0.2) is 5.01 Å². The van der Waals surface area contributed by atoms with Crippen molar-refractivity contribution in [3.05, 3.63) is 69.2 Å². The van der Waals surface area contributed by atoms with E-state index in [-0.39, 0.29) is 11.5 Å². The second-order valence-electron chi connectivity index (χ2n) is 5.46. The number of hydrogen-bond donors (Lipinski definition) is 1. The van der Waals surface area contributed by atoms with Gasteiger partial charge in [-0.15, -0.1) is 0 Å². The van der Waals surface area contributed by atoms with Crippen LogP contribution in [0.2, 0.25) is 0 Å². The van der Waals surface area contributed by atoms with Crippen molar-refractivity contribution in [2.45, 2.75) is 13.8 Å². The fourth-order valence-electron chi connectivity index (χ4n) is 2.37. The second kappa shape index (κ2) is 6.01. The molecule has 0 aromatic heterocycles. The van der Waals surface area contributed by atoms with E-state index < -0.39 is 5.91 Å². The third kappa shape index (κ3) is 3.05. The zero-order chi connectivity index (χ0) is 16.6. The van der Waals surface area contributed by atoms with Crippen molar-refractivity contribution in [1.29, 1.82) is 0 Å². The topological polar surface area (TPSA) is 49.4 Å². The number of rotatable bonds is 2. The minimum atomic E-state index is -0.395. The Hall–Kier alpha value is -2.40. The van der Waals surface area contributed by atoms with Crippen LogP contribution in [0.25, 0.3) is 6.08 Å². The van der Waals surface area contributed by atoms with E-state index in [0.717, 1.165) is 21.2 Å². The molecule has 1 fully saturated rings. The van der Waals surface area contributed by atoms with Gasteiger partial charge >= 0.3 is 0 Å². The lowest BCUT2D eigenvalue weighted by Gasteiger charge is -2.15. The number of aryl methyl sites for hydroxylation is 2. The Morgan fingerprint density at radius 1 is 1.04 bits per heavy atom. The van der Waals surface area contributed by atoms with E-state index in [9.17, 15) is 9.59 Å². The molecule has 0 radical (unpaired) electrons. The summed E-state index contributed by atoms with van der Waals surface area (Å²) in [5, 5.41) is 1.29. The minimum Gasteiger partial charge on any atom is -0.267 e. The molecule has 0 atom stereocenters. The van der Waals surface area contributed by atoms with E-state index in [2.05, 4.69) is 21.4 Å². The highest BCUT2D eigenvalue weighted by Crippen LogP contribution is 2.24. The molecule has 116 valence electrons. The van der Waals surface area contributed by atoms with Gasteiger partial charge in [-0.3, -0.25) is 15.0 Å². The van der Waals surface area contributed by atoms with Crippen LogP contribution in [0.3, 0.4) is 0 Å². The molecule has 2 aromatic rings. The zero-order valence-electron chi connectivity index (χ0n) is 12.8. The molecule has 2 amide bonds. The summed E-state index contributed by atoms with van der Waals surface area (Å²) < 4.78 is 0.892. The number of hydrazine groups is 1. The molecule has 0 bridgehead atoms. The van der Waals surface area contributed by atoms with Gasteiger partial charge in [0, 0.05) is 4.47 Å². The van der Waals surface area contributed by atoms with E-state index in [1.165, 1.54) is 5.01 Å². The van der Waals surface area contributed by atoms with Crippen LogP contribution < -0.4 is 10.4 Å². The molecule has 4 nitrogen and oxygen atoms in total. The van der Waals surface area contributed by atoms with Gasteiger partial charge in [0.2, 0.25) is 0 Å². The molecule has 3 rings (SSSR count). The Bertz CT molecular complexity index is 843. The average molecular weight is 371 g/mol. The Morgan fingerprint density at radius 2 is 1.83 bits per heavy atom. The molecule has 0 unspecified atom stereocenters. The smallest absolute Gasteiger partial charge is 0.267 e. The lowest BCUT2D eigenvalue weighted by Crippen LogP contribution is -2.35. The van der Waals surface area contributed by atoms with Crippen LogP contribution in [-0.2, 0) is 9.59 Å². The molecule has 0 spiro atoms. The summed E-state index contributed by atoms with van der Waals surface area (Å²) in [7, 11) is 0. The Kier molecular flexibility index (Phi) is 4.05. The third-order valence-electron chi connectivity index (χ3n) is 3.80. The van der Waals surface area contributed by atoms with Gasteiger partial charge in [0.05, 0.1) is 5.69 Å². The highest BCUT2D eigenvalue weighted by atomic mass is 79.9. The number of anilines is 1. The molecule has 1 aliphatic rings. The van der Waals surface area contributed by atoms with Gasteiger partial charge in [0.25, 0.3) is 11.8 Å². The van der Waals surface area contributed by atoms with Crippen molar-refractivity contribution in [2.75, 3.05) is 5.01 Å². The maximum atomic E-state index is 12.6. The van der Waals surface area contributed by atoms with Gasteiger partial charge in [-0.1, -0.05) is 34.1 Å². The van der Waals surface area contributed by atoms with Crippen LogP contribution >= 0.6 is 15.9 Å². The van der Waals surface area contributed by atoms with Crippen molar-refractivity contribution < 1.29 is 9.59 Å². The molecule has 2 aromatic carbocycles. The number of amides is 2. The van der Waals surface area contributed by atoms with Crippen LogP contribution in [0.15, 0.2) is 52.5 Å². The van der Waals surface area contributed by atoms with Gasteiger partial charge in [0.1, 0.15) is 5.57 Å². The first kappa shape index (κ1) is 15.5. The molecule has 5 heteroatoms. The molecular weight excluding hydrogens is 356 g/mol. The number of hydrogen-bond acceptors (Lipinski definition) is 2. The van der Waals surface area contributed by atoms with Crippen molar-refractivity contribution in [3.63, 3.8) is 0 Å². The Labute approximate surface area is 142 Å². The molecule has 0 aliphatic carbocycles. The summed E-state index contributed by atoms with van der Waals surface area (Å²) in [6.45, 7) is 3.97. The lowest BCUT2D eigenvalue weighted by molar-refractivity contribution is -0.117. The Balaban J connectivity index is 1.95. The zero-order valence-corrected chi connectivity index (χ0v) is 14.3. The van der Waals surface area contributed by atoms with Gasteiger partial charge in [0.15, 0.2) is 0 Å². The first-order valence-electron chi connectivity index (χ1n) is 7.15. The van der Waals surface area contributed by atoms with Crippen molar-refractivity contribution in [3.8, 4) is 0 Å². The van der Waals surface area contributed by atoms with E-state index in [4.69, 9.17) is 0 Å². The van der Waals surface area contributed by atoms with Crippen LogP contribution in [0, 0.1) is 13.8 Å². The highest BCUT2D eigenvalue weighted by molar-refractivity contribution is 9.10. The van der Waals surface area contributed by atoms with E-state index >= 15 is 0 Å². The first-order chi connectivity index (χ1) is 11.0. The monoisotopic (exact) mass is 370 g/mol. The first-order valence-corrected chi connectivity index (χ1v) is 7.95. The predicted molar refractivity (Wildman–Crippen MR) is 93.7 cm³/mol. The summed E-state index contributed by atoms with van der Waals surface area (Å²) in [5.74, 6) is -0.744. The summed E-state index contributed by atoms with van der Waals surface area (Å²) in [6.07, 6.45) is 1.60. The highest BCUT2D eigenvalue weighted by Gasteiger charge is 2.34. The van der Waals surface area contributed by atoms with Crippen LogP contribution in [0.4, 0.5) is 5.69 Å². The molecule has 23 heavy (non-hydrogen) atoms. The molecule has 1 aliphatic heterocycles. The number of carbonyl (C=O) groups is 2. The van der Waals surface area contributed by atoms with E-state index in [1.807, 2.05) is 56.3 Å². The largest absolute Gasteiger partial charge is 0.282 e.